The number of amides is 1. The molecule has 0 spiro atoms. The van der Waals surface area contributed by atoms with Gasteiger partial charge in [-0.2, -0.15) is 0 Å². The second-order valence-electron chi connectivity index (χ2n) is 6.37. The molecule has 0 aliphatic heterocycles. The minimum atomic E-state index is -0.509. The Bertz CT molecular complexity index is 1300. The smallest absolute Gasteiger partial charge is 0.337 e. The van der Waals surface area contributed by atoms with Crippen LogP contribution < -0.4 is 10.9 Å². The van der Waals surface area contributed by atoms with Crippen molar-refractivity contribution in [2.24, 2.45) is 0 Å². The average molecular weight is 420 g/mol. The zero-order valence-corrected chi connectivity index (χ0v) is 16.7. The van der Waals surface area contributed by atoms with E-state index in [1.807, 2.05) is 30.3 Å². The number of hydrogen-bond donors (Lipinski definition) is 1. The van der Waals surface area contributed by atoms with E-state index in [4.69, 9.17) is 0 Å². The molecule has 1 N–H and O–H groups in total. The SMILES string of the molecule is COC(=O)c1cccc(NC(=O)Cn2nnc3sc(-c4ccccc4)cc3c2=O)c1. The molecule has 2 aromatic carbocycles. The van der Waals surface area contributed by atoms with Crippen LogP contribution in [0.2, 0.25) is 0 Å². The molecule has 0 saturated heterocycles. The lowest BCUT2D eigenvalue weighted by Crippen LogP contribution is -2.30. The van der Waals surface area contributed by atoms with Gasteiger partial charge in [-0.05, 0) is 29.8 Å². The molecule has 4 rings (SSSR count). The van der Waals surface area contributed by atoms with Gasteiger partial charge in [-0.25, -0.2) is 9.48 Å². The van der Waals surface area contributed by atoms with Crippen molar-refractivity contribution in [3.63, 3.8) is 0 Å². The number of fused-ring (bicyclic) bond motifs is 1. The van der Waals surface area contributed by atoms with Gasteiger partial charge in [0.05, 0.1) is 18.1 Å². The normalized spacial score (nSPS) is 10.7. The van der Waals surface area contributed by atoms with Crippen LogP contribution in [-0.4, -0.2) is 34.0 Å². The number of ether oxygens (including phenoxy) is 1. The lowest BCUT2D eigenvalue weighted by Gasteiger charge is -2.07. The zero-order chi connectivity index (χ0) is 21.1. The maximum absolute atomic E-state index is 12.8. The summed E-state index contributed by atoms with van der Waals surface area (Å²) in [6, 6.07) is 17.7. The highest BCUT2D eigenvalue weighted by molar-refractivity contribution is 7.21. The van der Waals surface area contributed by atoms with Gasteiger partial charge in [0, 0.05) is 10.6 Å². The molecule has 2 heterocycles. The molecule has 0 aliphatic rings. The number of thiophene rings is 1. The number of nitrogens with one attached hydrogen (secondary N) is 1. The monoisotopic (exact) mass is 420 g/mol. The van der Waals surface area contributed by atoms with Crippen LogP contribution >= 0.6 is 11.3 Å². The van der Waals surface area contributed by atoms with Crippen molar-refractivity contribution in [2.45, 2.75) is 6.54 Å². The van der Waals surface area contributed by atoms with Crippen LogP contribution in [0.1, 0.15) is 10.4 Å². The Labute approximate surface area is 174 Å². The van der Waals surface area contributed by atoms with E-state index >= 15 is 0 Å². The number of rotatable bonds is 5. The van der Waals surface area contributed by atoms with Gasteiger partial charge in [-0.1, -0.05) is 41.6 Å². The van der Waals surface area contributed by atoms with Gasteiger partial charge >= 0.3 is 5.97 Å². The van der Waals surface area contributed by atoms with Gasteiger partial charge in [-0.3, -0.25) is 9.59 Å². The third-order valence-corrected chi connectivity index (χ3v) is 5.41. The van der Waals surface area contributed by atoms with Crippen molar-refractivity contribution in [3.8, 4) is 10.4 Å². The van der Waals surface area contributed by atoms with Crippen molar-refractivity contribution in [1.82, 2.24) is 15.0 Å². The van der Waals surface area contributed by atoms with Crippen molar-refractivity contribution < 1.29 is 14.3 Å². The molecular weight excluding hydrogens is 404 g/mol. The molecule has 2 aromatic heterocycles. The number of anilines is 1. The maximum atomic E-state index is 12.8. The van der Waals surface area contributed by atoms with Gasteiger partial charge in [0.1, 0.15) is 6.54 Å². The fraction of sp³-hybridized carbons (Fsp3) is 0.0952. The quantitative estimate of drug-likeness (QED) is 0.498. The molecule has 8 nitrogen and oxygen atoms in total. The predicted molar refractivity (Wildman–Crippen MR) is 114 cm³/mol. The first-order chi connectivity index (χ1) is 14.5. The largest absolute Gasteiger partial charge is 0.465 e. The highest BCUT2D eigenvalue weighted by Crippen LogP contribution is 2.30. The van der Waals surface area contributed by atoms with Crippen LogP contribution in [0.4, 0.5) is 5.69 Å². The van der Waals surface area contributed by atoms with E-state index in [1.54, 1.807) is 24.3 Å². The fourth-order valence-corrected chi connectivity index (χ4v) is 3.88. The second-order valence-corrected chi connectivity index (χ2v) is 7.40. The van der Waals surface area contributed by atoms with E-state index in [-0.39, 0.29) is 6.54 Å². The van der Waals surface area contributed by atoms with Gasteiger partial charge < -0.3 is 10.1 Å². The molecule has 0 radical (unpaired) electrons. The molecule has 9 heteroatoms. The number of carbonyl (C=O) groups is 2. The molecule has 0 bridgehead atoms. The number of nitrogens with zero attached hydrogens (tertiary/aromatic N) is 3. The highest BCUT2D eigenvalue weighted by atomic mass is 32.1. The van der Waals surface area contributed by atoms with Crippen LogP contribution in [0.25, 0.3) is 20.7 Å². The van der Waals surface area contributed by atoms with Crippen molar-refractivity contribution in [1.29, 1.82) is 0 Å². The average Bonchev–Trinajstić information content (AvgIpc) is 3.21. The molecule has 150 valence electrons. The van der Waals surface area contributed by atoms with E-state index in [1.165, 1.54) is 24.5 Å². The summed E-state index contributed by atoms with van der Waals surface area (Å²) in [5.74, 6) is -0.975. The molecule has 0 atom stereocenters. The number of carbonyl (C=O) groups excluding carboxylic acids is 2. The molecule has 0 unspecified atom stereocenters. The van der Waals surface area contributed by atoms with Gasteiger partial charge in [0.15, 0.2) is 4.83 Å². The molecular formula is C21H16N4O4S. The highest BCUT2D eigenvalue weighted by Gasteiger charge is 2.14. The molecule has 0 fully saturated rings. The Morgan fingerprint density at radius 3 is 2.67 bits per heavy atom. The molecule has 4 aromatic rings. The third kappa shape index (κ3) is 3.96. The predicted octanol–water partition coefficient (Wildman–Crippen LogP) is 2.95. The maximum Gasteiger partial charge on any atom is 0.337 e. The van der Waals surface area contributed by atoms with Crippen LogP contribution in [0.3, 0.4) is 0 Å². The Morgan fingerprint density at radius 1 is 1.10 bits per heavy atom. The molecule has 0 saturated carbocycles. The minimum absolute atomic E-state index is 0.305. The zero-order valence-electron chi connectivity index (χ0n) is 15.9. The summed E-state index contributed by atoms with van der Waals surface area (Å²) in [4.78, 5) is 38.2. The van der Waals surface area contributed by atoms with Crippen molar-refractivity contribution in [3.05, 3.63) is 76.6 Å². The Kier molecular flexibility index (Phi) is 5.36. The lowest BCUT2D eigenvalue weighted by atomic mass is 10.2. The summed E-state index contributed by atoms with van der Waals surface area (Å²) in [6.07, 6.45) is 0. The summed E-state index contributed by atoms with van der Waals surface area (Å²) in [7, 11) is 1.28. The first-order valence-corrected chi connectivity index (χ1v) is 9.78. The van der Waals surface area contributed by atoms with Crippen LogP contribution in [0.5, 0.6) is 0 Å². The number of hydrogen-bond acceptors (Lipinski definition) is 7. The van der Waals surface area contributed by atoms with Crippen molar-refractivity contribution in [2.75, 3.05) is 12.4 Å². The summed E-state index contributed by atoms with van der Waals surface area (Å²) < 4.78 is 5.69. The molecule has 1 amide bonds. The van der Waals surface area contributed by atoms with Crippen LogP contribution in [-0.2, 0) is 16.1 Å². The minimum Gasteiger partial charge on any atom is -0.465 e. The van der Waals surface area contributed by atoms with Gasteiger partial charge in [-0.15, -0.1) is 16.4 Å². The number of esters is 1. The first kappa shape index (κ1) is 19.5. The van der Waals surface area contributed by atoms with E-state index in [0.29, 0.717) is 21.5 Å². The number of aromatic nitrogens is 3. The Balaban J connectivity index is 1.55. The summed E-state index contributed by atoms with van der Waals surface area (Å²) in [5.41, 5.74) is 1.30. The first-order valence-electron chi connectivity index (χ1n) is 8.96. The van der Waals surface area contributed by atoms with Gasteiger partial charge in [0.2, 0.25) is 5.91 Å². The Hall–Kier alpha value is -3.85. The number of benzene rings is 2. The summed E-state index contributed by atoms with van der Waals surface area (Å²) in [5, 5.41) is 11.0. The van der Waals surface area contributed by atoms with Crippen LogP contribution in [0, 0.1) is 0 Å². The van der Waals surface area contributed by atoms with E-state index in [2.05, 4.69) is 20.4 Å². The van der Waals surface area contributed by atoms with Crippen LogP contribution in [0.15, 0.2) is 65.5 Å². The third-order valence-electron chi connectivity index (χ3n) is 4.34. The summed E-state index contributed by atoms with van der Waals surface area (Å²) >= 11 is 1.37. The number of methoxy groups -OCH3 is 1. The standard InChI is InChI=1S/C21H16N4O4S/c1-29-21(28)14-8-5-9-15(10-14)22-18(26)12-25-20(27)16-11-17(30-19(16)23-24-25)13-6-3-2-4-7-13/h2-11H,12H2,1H3,(H,22,26). The summed E-state index contributed by atoms with van der Waals surface area (Å²) in [6.45, 7) is -0.305. The van der Waals surface area contributed by atoms with E-state index in [0.717, 1.165) is 15.1 Å². The van der Waals surface area contributed by atoms with E-state index < -0.39 is 17.4 Å². The lowest BCUT2D eigenvalue weighted by molar-refractivity contribution is -0.117. The van der Waals surface area contributed by atoms with Crippen molar-refractivity contribution >= 4 is 39.1 Å². The Morgan fingerprint density at radius 2 is 1.90 bits per heavy atom. The molecule has 0 aliphatic carbocycles. The molecule has 30 heavy (non-hydrogen) atoms. The topological polar surface area (TPSA) is 103 Å². The van der Waals surface area contributed by atoms with E-state index in [9.17, 15) is 14.4 Å². The fourth-order valence-electron chi connectivity index (χ4n) is 2.91. The second kappa shape index (κ2) is 8.26. The van der Waals surface area contributed by atoms with Gasteiger partial charge in [0.25, 0.3) is 5.56 Å².